The third-order valence-electron chi connectivity index (χ3n) is 3.99. The van der Waals surface area contributed by atoms with E-state index >= 15 is 0 Å². The number of aromatic nitrogens is 1. The highest BCUT2D eigenvalue weighted by atomic mass is 32.2. The van der Waals surface area contributed by atoms with Gasteiger partial charge in [0.25, 0.3) is 0 Å². The lowest BCUT2D eigenvalue weighted by Gasteiger charge is -2.22. The highest BCUT2D eigenvalue weighted by molar-refractivity contribution is 7.89. The quantitative estimate of drug-likeness (QED) is 0.841. The van der Waals surface area contributed by atoms with Crippen molar-refractivity contribution in [3.8, 4) is 0 Å². The van der Waals surface area contributed by atoms with Gasteiger partial charge < -0.3 is 5.32 Å². The second-order valence-electron chi connectivity index (χ2n) is 5.71. The van der Waals surface area contributed by atoms with Gasteiger partial charge >= 0.3 is 0 Å². The number of nitrogens with one attached hydrogen (secondary N) is 1. The van der Waals surface area contributed by atoms with E-state index in [4.69, 9.17) is 0 Å². The Morgan fingerprint density at radius 1 is 1.38 bits per heavy atom. The fraction of sp³-hybridized carbons (Fsp3) is 0.667. The molecule has 1 aliphatic rings. The van der Waals surface area contributed by atoms with Crippen molar-refractivity contribution in [2.75, 3.05) is 25.5 Å². The molecular weight excluding hydrogens is 286 g/mol. The van der Waals surface area contributed by atoms with E-state index in [-0.39, 0.29) is 4.90 Å². The molecule has 0 unspecified atom stereocenters. The van der Waals surface area contributed by atoms with Gasteiger partial charge in [0.1, 0.15) is 10.7 Å². The molecule has 1 fully saturated rings. The summed E-state index contributed by atoms with van der Waals surface area (Å²) in [5.74, 6) is 0.950. The summed E-state index contributed by atoms with van der Waals surface area (Å²) in [6, 6.07) is 3.30. The molecule has 6 heteroatoms. The minimum Gasteiger partial charge on any atom is -0.369 e. The third kappa shape index (κ3) is 3.95. The Morgan fingerprint density at radius 3 is 2.76 bits per heavy atom. The molecule has 0 bridgehead atoms. The molecule has 1 aromatic rings. The molecule has 21 heavy (non-hydrogen) atoms. The molecule has 1 aromatic heterocycles. The van der Waals surface area contributed by atoms with Crippen molar-refractivity contribution in [1.82, 2.24) is 9.29 Å². The highest BCUT2D eigenvalue weighted by Gasteiger charge is 2.27. The fourth-order valence-electron chi connectivity index (χ4n) is 2.80. The van der Waals surface area contributed by atoms with Crippen LogP contribution in [0.4, 0.5) is 5.82 Å². The summed E-state index contributed by atoms with van der Waals surface area (Å²) in [6.45, 7) is 3.35. The molecule has 0 aliphatic heterocycles. The van der Waals surface area contributed by atoms with E-state index in [2.05, 4.69) is 10.3 Å². The lowest BCUT2D eigenvalue weighted by molar-refractivity contribution is 0.387. The molecule has 0 aromatic carbocycles. The monoisotopic (exact) mass is 311 g/mol. The summed E-state index contributed by atoms with van der Waals surface area (Å²) < 4.78 is 27.0. The number of hydrogen-bond acceptors (Lipinski definition) is 4. The van der Waals surface area contributed by atoms with E-state index in [9.17, 15) is 8.42 Å². The van der Waals surface area contributed by atoms with E-state index in [1.807, 2.05) is 6.92 Å². The number of pyridine rings is 1. The second kappa shape index (κ2) is 7.22. The predicted octanol–water partition coefficient (Wildman–Crippen LogP) is 2.71. The maximum absolute atomic E-state index is 12.7. The van der Waals surface area contributed by atoms with Crippen LogP contribution in [0.25, 0.3) is 0 Å². The molecule has 1 N–H and O–H groups in total. The Hall–Kier alpha value is -1.14. The van der Waals surface area contributed by atoms with Crippen molar-refractivity contribution >= 4 is 15.8 Å². The van der Waals surface area contributed by atoms with Gasteiger partial charge in [-0.25, -0.2) is 17.7 Å². The van der Waals surface area contributed by atoms with Crippen LogP contribution in [-0.4, -0.2) is 37.8 Å². The maximum atomic E-state index is 12.7. The van der Waals surface area contributed by atoms with Crippen LogP contribution in [0.5, 0.6) is 0 Å². The second-order valence-corrected chi connectivity index (χ2v) is 7.73. The van der Waals surface area contributed by atoms with E-state index in [1.165, 1.54) is 17.1 Å². The minimum atomic E-state index is -3.48. The van der Waals surface area contributed by atoms with Crippen LogP contribution in [0.1, 0.15) is 39.0 Å². The Labute approximate surface area is 127 Å². The smallest absolute Gasteiger partial charge is 0.246 e. The number of hydrogen-bond donors (Lipinski definition) is 1. The van der Waals surface area contributed by atoms with E-state index < -0.39 is 10.0 Å². The molecule has 1 saturated carbocycles. The van der Waals surface area contributed by atoms with E-state index in [1.54, 1.807) is 25.4 Å². The van der Waals surface area contributed by atoms with E-state index in [0.717, 1.165) is 19.3 Å². The molecule has 0 atom stereocenters. The van der Waals surface area contributed by atoms with Crippen LogP contribution in [0, 0.1) is 5.92 Å². The molecule has 0 spiro atoms. The van der Waals surface area contributed by atoms with E-state index in [0.29, 0.717) is 24.8 Å². The van der Waals surface area contributed by atoms with Gasteiger partial charge in [0.05, 0.1) is 0 Å². The van der Waals surface area contributed by atoms with Gasteiger partial charge in [-0.05, 0) is 37.3 Å². The lowest BCUT2D eigenvalue weighted by atomic mass is 10.1. The molecule has 5 nitrogen and oxygen atoms in total. The molecular formula is C15H25N3O2S. The van der Waals surface area contributed by atoms with Gasteiger partial charge in [-0.2, -0.15) is 0 Å². The molecule has 118 valence electrons. The van der Waals surface area contributed by atoms with Crippen molar-refractivity contribution in [2.45, 2.75) is 43.9 Å². The highest BCUT2D eigenvalue weighted by Crippen LogP contribution is 2.28. The first-order chi connectivity index (χ1) is 10.1. The summed E-state index contributed by atoms with van der Waals surface area (Å²) >= 11 is 0. The van der Waals surface area contributed by atoms with Gasteiger partial charge in [-0.1, -0.05) is 19.8 Å². The van der Waals surface area contributed by atoms with Gasteiger partial charge in [0.2, 0.25) is 10.0 Å². The van der Waals surface area contributed by atoms with Crippen molar-refractivity contribution in [1.29, 1.82) is 0 Å². The number of nitrogens with zero attached hydrogens (tertiary/aromatic N) is 2. The molecule has 0 saturated heterocycles. The van der Waals surface area contributed by atoms with Crippen LogP contribution in [0.15, 0.2) is 23.2 Å². The maximum Gasteiger partial charge on any atom is 0.246 e. The Morgan fingerprint density at radius 2 is 2.10 bits per heavy atom. The third-order valence-corrected chi connectivity index (χ3v) is 5.85. The fourth-order valence-corrected chi connectivity index (χ4v) is 4.16. The topological polar surface area (TPSA) is 62.3 Å². The van der Waals surface area contributed by atoms with Gasteiger partial charge in [0.15, 0.2) is 0 Å². The first-order valence-electron chi connectivity index (χ1n) is 7.71. The molecule has 1 aliphatic carbocycles. The Kier molecular flexibility index (Phi) is 5.58. The van der Waals surface area contributed by atoms with Crippen molar-refractivity contribution < 1.29 is 8.42 Å². The SMILES string of the molecule is CCCNc1ncccc1S(=O)(=O)N(C)CC1CCCC1. The van der Waals surface area contributed by atoms with Crippen LogP contribution in [-0.2, 0) is 10.0 Å². The summed E-state index contributed by atoms with van der Waals surface area (Å²) in [5.41, 5.74) is 0. The molecule has 0 amide bonds. The zero-order chi connectivity index (χ0) is 15.3. The first kappa shape index (κ1) is 16.2. The van der Waals surface area contributed by atoms with Crippen LogP contribution in [0.2, 0.25) is 0 Å². The van der Waals surface area contributed by atoms with Crippen molar-refractivity contribution in [2.24, 2.45) is 5.92 Å². The minimum absolute atomic E-state index is 0.277. The lowest BCUT2D eigenvalue weighted by Crippen LogP contribution is -2.32. The van der Waals surface area contributed by atoms with Crippen LogP contribution in [0.3, 0.4) is 0 Å². The average Bonchev–Trinajstić information content (AvgIpc) is 2.98. The van der Waals surface area contributed by atoms with Gasteiger partial charge in [-0.3, -0.25) is 0 Å². The zero-order valence-electron chi connectivity index (χ0n) is 12.9. The average molecular weight is 311 g/mol. The summed E-state index contributed by atoms with van der Waals surface area (Å²) in [4.78, 5) is 4.46. The Balaban J connectivity index is 2.17. The normalized spacial score (nSPS) is 16.5. The predicted molar refractivity (Wildman–Crippen MR) is 84.8 cm³/mol. The molecule has 2 rings (SSSR count). The summed E-state index contributed by atoms with van der Waals surface area (Å²) in [5, 5.41) is 3.10. The number of sulfonamides is 1. The standard InChI is InChI=1S/C15H25N3O2S/c1-3-10-16-15-14(9-6-11-17-15)21(19,20)18(2)12-13-7-4-5-8-13/h6,9,11,13H,3-5,7-8,10,12H2,1-2H3,(H,16,17). The Bertz CT molecular complexity index is 554. The molecule has 0 radical (unpaired) electrons. The first-order valence-corrected chi connectivity index (χ1v) is 9.15. The van der Waals surface area contributed by atoms with Crippen LogP contribution >= 0.6 is 0 Å². The largest absolute Gasteiger partial charge is 0.369 e. The summed E-state index contributed by atoms with van der Waals surface area (Å²) in [7, 11) is -1.81. The summed E-state index contributed by atoms with van der Waals surface area (Å²) in [6.07, 6.45) is 7.24. The van der Waals surface area contributed by atoms with Gasteiger partial charge in [0, 0.05) is 26.3 Å². The zero-order valence-corrected chi connectivity index (χ0v) is 13.7. The van der Waals surface area contributed by atoms with Gasteiger partial charge in [-0.15, -0.1) is 0 Å². The van der Waals surface area contributed by atoms with Crippen molar-refractivity contribution in [3.05, 3.63) is 18.3 Å². The number of rotatable bonds is 7. The molecule has 1 heterocycles. The van der Waals surface area contributed by atoms with Crippen molar-refractivity contribution in [3.63, 3.8) is 0 Å². The van der Waals surface area contributed by atoms with Crippen LogP contribution < -0.4 is 5.32 Å². The number of anilines is 1.